The molecule has 0 saturated carbocycles. The number of nitrogens with two attached hydrogens (primary N) is 2. The number of fused-ring (bicyclic) bond motifs is 1. The minimum Gasteiger partial charge on any atom is -0.478 e. The zero-order valence-electron chi connectivity index (χ0n) is 10.6. The summed E-state index contributed by atoms with van der Waals surface area (Å²) in [5.41, 5.74) is 14.5. The monoisotopic (exact) mass is 267 g/mol. The van der Waals surface area contributed by atoms with Crippen molar-refractivity contribution in [3.8, 4) is 5.69 Å². The maximum atomic E-state index is 11.0. The van der Waals surface area contributed by atoms with E-state index in [1.807, 2.05) is 28.8 Å². The molecule has 0 aliphatic heterocycles. The molecule has 0 saturated heterocycles. The van der Waals surface area contributed by atoms with E-state index in [1.54, 1.807) is 18.3 Å². The maximum absolute atomic E-state index is 11.0. The first-order chi connectivity index (χ1) is 9.58. The smallest absolute Gasteiger partial charge is 0.337 e. The average Bonchev–Trinajstić information content (AvgIpc) is 2.76. The van der Waals surface area contributed by atoms with E-state index in [9.17, 15) is 4.79 Å². The zero-order chi connectivity index (χ0) is 14.3. The Kier molecular flexibility index (Phi) is 2.61. The number of rotatable bonds is 2. The van der Waals surface area contributed by atoms with Gasteiger partial charge in [-0.15, -0.1) is 0 Å². The van der Waals surface area contributed by atoms with Crippen molar-refractivity contribution in [1.82, 2.24) is 4.57 Å². The quantitative estimate of drug-likeness (QED) is 0.622. The Morgan fingerprint density at radius 2 is 1.80 bits per heavy atom. The predicted molar refractivity (Wildman–Crippen MR) is 79.1 cm³/mol. The number of hydrogen-bond donors (Lipinski definition) is 3. The van der Waals surface area contributed by atoms with Crippen LogP contribution >= 0.6 is 0 Å². The van der Waals surface area contributed by atoms with Crippen LogP contribution in [0.2, 0.25) is 0 Å². The van der Waals surface area contributed by atoms with Crippen LogP contribution in [-0.2, 0) is 0 Å². The number of aromatic nitrogens is 1. The highest BCUT2D eigenvalue weighted by Crippen LogP contribution is 2.27. The fraction of sp³-hybridized carbons (Fsp3) is 0. The molecular weight excluding hydrogens is 254 g/mol. The van der Waals surface area contributed by atoms with E-state index in [0.717, 1.165) is 16.6 Å². The molecule has 1 aromatic heterocycles. The molecule has 0 aliphatic rings. The van der Waals surface area contributed by atoms with Crippen LogP contribution in [0, 0.1) is 0 Å². The number of para-hydroxylation sites is 1. The lowest BCUT2D eigenvalue weighted by atomic mass is 10.1. The highest BCUT2D eigenvalue weighted by Gasteiger charge is 2.11. The summed E-state index contributed by atoms with van der Waals surface area (Å²) < 4.78 is 1.90. The van der Waals surface area contributed by atoms with Crippen LogP contribution in [0.1, 0.15) is 10.4 Å². The second-order valence-corrected chi connectivity index (χ2v) is 4.55. The van der Waals surface area contributed by atoms with Crippen LogP contribution in [0.5, 0.6) is 0 Å². The lowest BCUT2D eigenvalue weighted by molar-refractivity contribution is 0.0698. The molecule has 5 N–H and O–H groups in total. The Balaban J connectivity index is 2.21. The van der Waals surface area contributed by atoms with Gasteiger partial charge >= 0.3 is 5.97 Å². The summed E-state index contributed by atoms with van der Waals surface area (Å²) >= 11 is 0. The van der Waals surface area contributed by atoms with Crippen LogP contribution in [0.15, 0.2) is 48.7 Å². The first-order valence-corrected chi connectivity index (χ1v) is 6.06. The van der Waals surface area contributed by atoms with Gasteiger partial charge in [-0.3, -0.25) is 0 Å². The fourth-order valence-electron chi connectivity index (χ4n) is 2.31. The van der Waals surface area contributed by atoms with Gasteiger partial charge in [-0.05, 0) is 24.3 Å². The van der Waals surface area contributed by atoms with E-state index in [0.29, 0.717) is 5.69 Å². The van der Waals surface area contributed by atoms with Gasteiger partial charge in [0.25, 0.3) is 0 Å². The third-order valence-electron chi connectivity index (χ3n) is 3.29. The van der Waals surface area contributed by atoms with Crippen LogP contribution < -0.4 is 11.5 Å². The largest absolute Gasteiger partial charge is 0.478 e. The summed E-state index contributed by atoms with van der Waals surface area (Å²) in [4.78, 5) is 11.0. The molecule has 0 amide bonds. The molecule has 5 nitrogen and oxygen atoms in total. The molecule has 3 aromatic rings. The molecule has 0 spiro atoms. The van der Waals surface area contributed by atoms with Gasteiger partial charge < -0.3 is 21.1 Å². The van der Waals surface area contributed by atoms with Gasteiger partial charge in [-0.2, -0.15) is 0 Å². The molecule has 0 radical (unpaired) electrons. The van der Waals surface area contributed by atoms with Crippen molar-refractivity contribution in [3.63, 3.8) is 0 Å². The maximum Gasteiger partial charge on any atom is 0.337 e. The van der Waals surface area contributed by atoms with Crippen molar-refractivity contribution in [1.29, 1.82) is 0 Å². The Morgan fingerprint density at radius 3 is 2.50 bits per heavy atom. The molecule has 3 rings (SSSR count). The summed E-state index contributed by atoms with van der Waals surface area (Å²) in [5, 5.41) is 9.95. The minimum atomic E-state index is -1.04. The number of carboxylic acids is 1. The number of hydrogen-bond acceptors (Lipinski definition) is 3. The Labute approximate surface area is 115 Å². The van der Waals surface area contributed by atoms with Gasteiger partial charge in [0.15, 0.2) is 0 Å². The molecule has 0 aliphatic carbocycles. The molecule has 0 fully saturated rings. The Hall–Kier alpha value is -2.95. The molecular formula is C15H13N3O2. The number of carboxylic acid groups (broad SMARTS) is 1. The van der Waals surface area contributed by atoms with Crippen LogP contribution in [0.25, 0.3) is 16.6 Å². The van der Waals surface area contributed by atoms with Crippen LogP contribution in [0.3, 0.4) is 0 Å². The molecule has 20 heavy (non-hydrogen) atoms. The van der Waals surface area contributed by atoms with Crippen molar-refractivity contribution < 1.29 is 9.90 Å². The standard InChI is InChI=1S/C15H13N3O2/c16-12-7-9(5-6-11(12)15(19)20)18-8-13(17)10-3-1-2-4-14(10)18/h1-8H,16-17H2,(H,19,20). The first kappa shape index (κ1) is 12.1. The number of aromatic carboxylic acids is 1. The van der Waals surface area contributed by atoms with Crippen molar-refractivity contribution in [2.45, 2.75) is 0 Å². The molecule has 0 unspecified atom stereocenters. The minimum absolute atomic E-state index is 0.0955. The van der Waals surface area contributed by atoms with Crippen molar-refractivity contribution in [2.24, 2.45) is 0 Å². The van der Waals surface area contributed by atoms with Crippen molar-refractivity contribution >= 4 is 28.2 Å². The highest BCUT2D eigenvalue weighted by molar-refractivity contribution is 5.95. The molecule has 100 valence electrons. The van der Waals surface area contributed by atoms with Crippen molar-refractivity contribution in [3.05, 3.63) is 54.2 Å². The van der Waals surface area contributed by atoms with Gasteiger partial charge in [-0.1, -0.05) is 18.2 Å². The molecule has 0 bridgehead atoms. The van der Waals surface area contributed by atoms with Gasteiger partial charge in [0.05, 0.1) is 16.8 Å². The Bertz CT molecular complexity index is 821. The molecule has 2 aromatic carbocycles. The van der Waals surface area contributed by atoms with Gasteiger partial charge in [-0.25, -0.2) is 4.79 Å². The second-order valence-electron chi connectivity index (χ2n) is 4.55. The molecule has 5 heteroatoms. The summed E-state index contributed by atoms with van der Waals surface area (Å²) in [6.07, 6.45) is 1.81. The zero-order valence-corrected chi connectivity index (χ0v) is 10.6. The number of carbonyl (C=O) groups is 1. The predicted octanol–water partition coefficient (Wildman–Crippen LogP) is 2.49. The van der Waals surface area contributed by atoms with E-state index in [-0.39, 0.29) is 11.3 Å². The van der Waals surface area contributed by atoms with Crippen LogP contribution in [-0.4, -0.2) is 15.6 Å². The summed E-state index contributed by atoms with van der Waals surface area (Å²) in [6.45, 7) is 0. The lowest BCUT2D eigenvalue weighted by Crippen LogP contribution is -2.03. The van der Waals surface area contributed by atoms with E-state index >= 15 is 0 Å². The second kappa shape index (κ2) is 4.31. The van der Waals surface area contributed by atoms with E-state index < -0.39 is 5.97 Å². The fourth-order valence-corrected chi connectivity index (χ4v) is 2.31. The molecule has 0 atom stereocenters. The highest BCUT2D eigenvalue weighted by atomic mass is 16.4. The number of anilines is 2. The SMILES string of the molecule is Nc1cc(-n2cc(N)c3ccccc32)ccc1C(=O)O. The van der Waals surface area contributed by atoms with E-state index in [2.05, 4.69) is 0 Å². The summed E-state index contributed by atoms with van der Waals surface area (Å²) in [5.74, 6) is -1.04. The van der Waals surface area contributed by atoms with E-state index in [4.69, 9.17) is 16.6 Å². The lowest BCUT2D eigenvalue weighted by Gasteiger charge is -2.08. The third kappa shape index (κ3) is 1.76. The van der Waals surface area contributed by atoms with E-state index in [1.165, 1.54) is 6.07 Å². The van der Waals surface area contributed by atoms with Gasteiger partial charge in [0.1, 0.15) is 0 Å². The summed E-state index contributed by atoms with van der Waals surface area (Å²) in [6, 6.07) is 12.6. The third-order valence-corrected chi connectivity index (χ3v) is 3.29. The number of benzene rings is 2. The number of nitrogen functional groups attached to an aromatic ring is 2. The normalized spacial score (nSPS) is 10.8. The first-order valence-electron chi connectivity index (χ1n) is 6.06. The molecule has 1 heterocycles. The Morgan fingerprint density at radius 1 is 1.05 bits per heavy atom. The topological polar surface area (TPSA) is 94.3 Å². The summed E-state index contributed by atoms with van der Waals surface area (Å²) in [7, 11) is 0. The van der Waals surface area contributed by atoms with Crippen LogP contribution in [0.4, 0.5) is 11.4 Å². The van der Waals surface area contributed by atoms with Gasteiger partial charge in [0.2, 0.25) is 0 Å². The van der Waals surface area contributed by atoms with Crippen molar-refractivity contribution in [2.75, 3.05) is 11.5 Å². The average molecular weight is 267 g/mol. The number of nitrogens with zero attached hydrogens (tertiary/aromatic N) is 1. The van der Waals surface area contributed by atoms with Gasteiger partial charge in [0, 0.05) is 23.0 Å².